The normalized spacial score (nSPS) is 23.5. The third-order valence-electron chi connectivity index (χ3n) is 3.28. The zero-order valence-electron chi connectivity index (χ0n) is 9.02. The molecule has 0 N–H and O–H groups in total. The second-order valence-corrected chi connectivity index (χ2v) is 5.54. The minimum absolute atomic E-state index is 0.399. The van der Waals surface area contributed by atoms with E-state index in [1.165, 1.54) is 64.2 Å². The van der Waals surface area contributed by atoms with Crippen LogP contribution in [0, 0.1) is 0 Å². The van der Waals surface area contributed by atoms with Gasteiger partial charge in [0.15, 0.2) is 0 Å². The Morgan fingerprint density at radius 2 is 1.54 bits per heavy atom. The van der Waals surface area contributed by atoms with E-state index >= 15 is 0 Å². The van der Waals surface area contributed by atoms with E-state index in [0.29, 0.717) is 4.75 Å². The average molecular weight is 200 g/mol. The Bertz CT molecular complexity index is 118. The van der Waals surface area contributed by atoms with Crippen molar-refractivity contribution in [3.8, 4) is 0 Å². The van der Waals surface area contributed by atoms with Crippen molar-refractivity contribution in [2.75, 3.05) is 0 Å². The van der Waals surface area contributed by atoms with Crippen LogP contribution in [0.25, 0.3) is 0 Å². The maximum atomic E-state index is 4.90. The molecule has 0 saturated heterocycles. The first-order valence-electron chi connectivity index (χ1n) is 5.99. The highest BCUT2D eigenvalue weighted by Gasteiger charge is 2.24. The van der Waals surface area contributed by atoms with Crippen molar-refractivity contribution in [3.05, 3.63) is 0 Å². The van der Waals surface area contributed by atoms with E-state index < -0.39 is 0 Å². The molecule has 0 spiro atoms. The van der Waals surface area contributed by atoms with Gasteiger partial charge in [-0.15, -0.1) is 0 Å². The van der Waals surface area contributed by atoms with Crippen molar-refractivity contribution >= 4 is 12.6 Å². The van der Waals surface area contributed by atoms with Crippen LogP contribution in [0.3, 0.4) is 0 Å². The monoisotopic (exact) mass is 200 g/mol. The van der Waals surface area contributed by atoms with E-state index in [0.717, 1.165) is 0 Å². The van der Waals surface area contributed by atoms with Gasteiger partial charge >= 0.3 is 0 Å². The van der Waals surface area contributed by atoms with Crippen molar-refractivity contribution < 1.29 is 0 Å². The molecule has 0 aromatic heterocycles. The zero-order valence-corrected chi connectivity index (χ0v) is 9.91. The Morgan fingerprint density at radius 1 is 1.00 bits per heavy atom. The van der Waals surface area contributed by atoms with E-state index in [1.54, 1.807) is 0 Å². The molecule has 0 heterocycles. The molecule has 0 unspecified atom stereocenters. The molecule has 1 heteroatoms. The van der Waals surface area contributed by atoms with Gasteiger partial charge in [-0.25, -0.2) is 0 Å². The van der Waals surface area contributed by atoms with Gasteiger partial charge in [0, 0.05) is 4.75 Å². The zero-order chi connectivity index (χ0) is 9.57. The molecule has 1 aliphatic carbocycles. The van der Waals surface area contributed by atoms with Crippen molar-refractivity contribution in [2.45, 2.75) is 75.9 Å². The van der Waals surface area contributed by atoms with Gasteiger partial charge in [-0.2, -0.15) is 12.6 Å². The van der Waals surface area contributed by atoms with Gasteiger partial charge in [0.05, 0.1) is 0 Å². The molecule has 0 aromatic carbocycles. The molecule has 1 saturated carbocycles. The molecular weight excluding hydrogens is 176 g/mol. The minimum atomic E-state index is 0.399. The van der Waals surface area contributed by atoms with Gasteiger partial charge in [-0.3, -0.25) is 0 Å². The van der Waals surface area contributed by atoms with Crippen molar-refractivity contribution in [1.82, 2.24) is 0 Å². The Kier molecular flexibility index (Phi) is 5.23. The number of unbranched alkanes of at least 4 members (excludes halogenated alkanes) is 1. The van der Waals surface area contributed by atoms with E-state index in [9.17, 15) is 0 Å². The summed E-state index contributed by atoms with van der Waals surface area (Å²) in [5, 5.41) is 0. The largest absolute Gasteiger partial charge is 0.173 e. The van der Waals surface area contributed by atoms with Gasteiger partial charge in [-0.05, 0) is 19.3 Å². The van der Waals surface area contributed by atoms with Gasteiger partial charge in [0.25, 0.3) is 0 Å². The summed E-state index contributed by atoms with van der Waals surface area (Å²) in [6.07, 6.45) is 13.9. The third-order valence-corrected chi connectivity index (χ3v) is 3.95. The van der Waals surface area contributed by atoms with Gasteiger partial charge in [0.1, 0.15) is 0 Å². The van der Waals surface area contributed by atoms with Gasteiger partial charge in [0.2, 0.25) is 0 Å². The number of hydrogen-bond acceptors (Lipinski definition) is 1. The number of thiol groups is 1. The summed E-state index contributed by atoms with van der Waals surface area (Å²) in [6.45, 7) is 2.28. The Morgan fingerprint density at radius 3 is 2.08 bits per heavy atom. The van der Waals surface area contributed by atoms with Crippen LogP contribution in [0.15, 0.2) is 0 Å². The molecule has 0 aromatic rings. The summed E-state index contributed by atoms with van der Waals surface area (Å²) < 4.78 is 0.399. The second kappa shape index (κ2) is 5.95. The van der Waals surface area contributed by atoms with Crippen LogP contribution >= 0.6 is 12.6 Å². The van der Waals surface area contributed by atoms with Crippen molar-refractivity contribution in [3.63, 3.8) is 0 Å². The maximum Gasteiger partial charge on any atom is 0.0130 e. The van der Waals surface area contributed by atoms with Crippen LogP contribution in [0.4, 0.5) is 0 Å². The first-order valence-corrected chi connectivity index (χ1v) is 6.44. The van der Waals surface area contributed by atoms with Gasteiger partial charge < -0.3 is 0 Å². The lowest BCUT2D eigenvalue weighted by molar-refractivity contribution is 0.390. The molecule has 0 nitrogen and oxygen atoms in total. The SMILES string of the molecule is CCCCC1(S)CCCCCCC1. The van der Waals surface area contributed by atoms with E-state index in [1.807, 2.05) is 0 Å². The lowest BCUT2D eigenvalue weighted by Crippen LogP contribution is -2.22. The van der Waals surface area contributed by atoms with Crippen LogP contribution in [0.1, 0.15) is 71.1 Å². The van der Waals surface area contributed by atoms with E-state index in [-0.39, 0.29) is 0 Å². The summed E-state index contributed by atoms with van der Waals surface area (Å²) in [5.74, 6) is 0. The first kappa shape index (κ1) is 11.4. The molecular formula is C12H24S. The lowest BCUT2D eigenvalue weighted by atomic mass is 9.87. The quantitative estimate of drug-likeness (QED) is 0.633. The molecule has 0 aliphatic heterocycles. The molecule has 1 fully saturated rings. The standard InChI is InChI=1S/C12H24S/c1-2-3-9-12(13)10-7-5-4-6-8-11-12/h13H,2-11H2,1H3. The molecule has 1 rings (SSSR count). The molecule has 13 heavy (non-hydrogen) atoms. The van der Waals surface area contributed by atoms with Crippen molar-refractivity contribution in [2.24, 2.45) is 0 Å². The topological polar surface area (TPSA) is 0 Å². The van der Waals surface area contributed by atoms with Crippen LogP contribution in [0.2, 0.25) is 0 Å². The highest BCUT2D eigenvalue weighted by Crippen LogP contribution is 2.35. The average Bonchev–Trinajstić information content (AvgIpc) is 2.09. The fourth-order valence-electron chi connectivity index (χ4n) is 2.32. The molecule has 0 atom stereocenters. The fourth-order valence-corrected chi connectivity index (χ4v) is 2.79. The van der Waals surface area contributed by atoms with E-state index in [2.05, 4.69) is 6.92 Å². The van der Waals surface area contributed by atoms with Gasteiger partial charge in [-0.1, -0.05) is 51.9 Å². The Labute approximate surface area is 88.9 Å². The maximum absolute atomic E-state index is 4.90. The highest BCUT2D eigenvalue weighted by atomic mass is 32.1. The predicted molar refractivity (Wildman–Crippen MR) is 63.6 cm³/mol. The summed E-state index contributed by atoms with van der Waals surface area (Å²) in [6, 6.07) is 0. The summed E-state index contributed by atoms with van der Waals surface area (Å²) in [7, 11) is 0. The van der Waals surface area contributed by atoms with Crippen LogP contribution in [-0.4, -0.2) is 4.75 Å². The predicted octanol–water partition coefficient (Wildman–Crippen LogP) is 4.59. The second-order valence-electron chi connectivity index (χ2n) is 4.60. The fraction of sp³-hybridized carbons (Fsp3) is 1.00. The smallest absolute Gasteiger partial charge is 0.0130 e. The molecule has 0 radical (unpaired) electrons. The molecule has 78 valence electrons. The van der Waals surface area contributed by atoms with Crippen LogP contribution < -0.4 is 0 Å². The highest BCUT2D eigenvalue weighted by molar-refractivity contribution is 7.81. The molecule has 0 amide bonds. The molecule has 1 aliphatic rings. The molecule has 0 bridgehead atoms. The summed E-state index contributed by atoms with van der Waals surface area (Å²) in [4.78, 5) is 0. The third kappa shape index (κ3) is 4.39. The Hall–Kier alpha value is 0.350. The van der Waals surface area contributed by atoms with Crippen LogP contribution in [-0.2, 0) is 0 Å². The first-order chi connectivity index (χ1) is 6.27. The Balaban J connectivity index is 2.32. The summed E-state index contributed by atoms with van der Waals surface area (Å²) in [5.41, 5.74) is 0. The number of rotatable bonds is 3. The lowest BCUT2D eigenvalue weighted by Gasteiger charge is -2.30. The summed E-state index contributed by atoms with van der Waals surface area (Å²) >= 11 is 4.90. The van der Waals surface area contributed by atoms with E-state index in [4.69, 9.17) is 12.6 Å². The van der Waals surface area contributed by atoms with Crippen LogP contribution in [0.5, 0.6) is 0 Å². The van der Waals surface area contributed by atoms with Crippen molar-refractivity contribution in [1.29, 1.82) is 0 Å². The number of hydrogen-bond donors (Lipinski definition) is 1. The minimum Gasteiger partial charge on any atom is -0.173 e.